The summed E-state index contributed by atoms with van der Waals surface area (Å²) in [4.78, 5) is 28.1. The van der Waals surface area contributed by atoms with E-state index in [-0.39, 0.29) is 5.91 Å². The molecule has 2 aromatic rings. The number of likely N-dealkylation sites (tertiary alicyclic amines) is 1. The predicted molar refractivity (Wildman–Crippen MR) is 69.9 cm³/mol. The Morgan fingerprint density at radius 1 is 1.32 bits per heavy atom. The van der Waals surface area contributed by atoms with Gasteiger partial charge >= 0.3 is 5.97 Å². The largest absolute Gasteiger partial charge is 0.481 e. The van der Waals surface area contributed by atoms with Crippen LogP contribution in [0.15, 0.2) is 30.5 Å². The highest BCUT2D eigenvalue weighted by molar-refractivity contribution is 6.06. The smallest absolute Gasteiger partial charge is 0.308 e. The Hall–Kier alpha value is -2.30. The minimum Gasteiger partial charge on any atom is -0.481 e. The van der Waals surface area contributed by atoms with Gasteiger partial charge in [0.1, 0.15) is 0 Å². The van der Waals surface area contributed by atoms with Crippen LogP contribution in [0.1, 0.15) is 16.8 Å². The summed E-state index contributed by atoms with van der Waals surface area (Å²) >= 11 is 0. The molecule has 2 N–H and O–H groups in total. The molecular weight excluding hydrogens is 244 g/mol. The summed E-state index contributed by atoms with van der Waals surface area (Å²) in [5.41, 5.74) is 1.55. The van der Waals surface area contributed by atoms with Crippen molar-refractivity contribution in [3.63, 3.8) is 0 Å². The van der Waals surface area contributed by atoms with Crippen molar-refractivity contribution in [2.75, 3.05) is 13.1 Å². The maximum absolute atomic E-state index is 12.4. The molecule has 3 rings (SSSR count). The molecule has 2 heterocycles. The summed E-state index contributed by atoms with van der Waals surface area (Å²) < 4.78 is 0. The molecule has 1 atom stereocenters. The number of nitrogens with zero attached hydrogens (tertiary/aromatic N) is 1. The number of aliphatic carboxylic acids is 1. The minimum atomic E-state index is -0.824. The average Bonchev–Trinajstić information content (AvgIpc) is 3.06. The highest BCUT2D eigenvalue weighted by atomic mass is 16.4. The quantitative estimate of drug-likeness (QED) is 0.861. The van der Waals surface area contributed by atoms with E-state index in [1.54, 1.807) is 17.2 Å². The Morgan fingerprint density at radius 2 is 2.16 bits per heavy atom. The second kappa shape index (κ2) is 4.42. The van der Waals surface area contributed by atoms with Crippen LogP contribution >= 0.6 is 0 Å². The molecule has 1 amide bonds. The van der Waals surface area contributed by atoms with Gasteiger partial charge in [-0.1, -0.05) is 6.07 Å². The molecule has 1 aliphatic heterocycles. The number of H-pyrrole nitrogens is 1. The third-order valence-electron chi connectivity index (χ3n) is 3.65. The number of carbonyl (C=O) groups excluding carboxylic acids is 1. The fourth-order valence-corrected chi connectivity index (χ4v) is 2.59. The maximum atomic E-state index is 12.4. The lowest BCUT2D eigenvalue weighted by atomic mass is 10.1. The fraction of sp³-hybridized carbons (Fsp3) is 0.286. The van der Waals surface area contributed by atoms with Gasteiger partial charge in [-0.3, -0.25) is 9.59 Å². The van der Waals surface area contributed by atoms with Crippen molar-refractivity contribution in [2.24, 2.45) is 5.92 Å². The highest BCUT2D eigenvalue weighted by Crippen LogP contribution is 2.23. The molecule has 1 aliphatic rings. The second-order valence-corrected chi connectivity index (χ2v) is 4.82. The lowest BCUT2D eigenvalue weighted by Gasteiger charge is -2.16. The molecule has 1 aromatic heterocycles. The van der Waals surface area contributed by atoms with E-state index in [0.29, 0.717) is 25.1 Å². The number of hydrogen-bond acceptors (Lipinski definition) is 2. The number of carbonyl (C=O) groups is 2. The number of carboxylic acid groups (broad SMARTS) is 1. The Morgan fingerprint density at radius 3 is 2.89 bits per heavy atom. The molecule has 1 aromatic carbocycles. The van der Waals surface area contributed by atoms with Crippen molar-refractivity contribution < 1.29 is 14.7 Å². The van der Waals surface area contributed by atoms with E-state index in [9.17, 15) is 9.59 Å². The Kier molecular flexibility index (Phi) is 2.74. The van der Waals surface area contributed by atoms with Gasteiger partial charge in [0, 0.05) is 35.8 Å². The van der Waals surface area contributed by atoms with E-state index in [1.807, 2.05) is 18.2 Å². The van der Waals surface area contributed by atoms with Crippen LogP contribution in [0.25, 0.3) is 10.9 Å². The standard InChI is InChI=1S/C14H14N2O3/c17-13(16-7-5-9(8-16)14(18)19)11-2-1-3-12-10(11)4-6-15-12/h1-4,6,9,15H,5,7-8H2,(H,18,19). The number of carboxylic acids is 1. The van der Waals surface area contributed by atoms with E-state index in [0.717, 1.165) is 10.9 Å². The summed E-state index contributed by atoms with van der Waals surface area (Å²) in [5.74, 6) is -1.35. The van der Waals surface area contributed by atoms with Crippen LogP contribution in [0.4, 0.5) is 0 Å². The van der Waals surface area contributed by atoms with Crippen LogP contribution in [0.3, 0.4) is 0 Å². The molecule has 0 radical (unpaired) electrons. The Bertz CT molecular complexity index is 647. The van der Waals surface area contributed by atoms with Crippen molar-refractivity contribution >= 4 is 22.8 Å². The Balaban J connectivity index is 1.89. The number of hydrogen-bond donors (Lipinski definition) is 2. The molecule has 19 heavy (non-hydrogen) atoms. The minimum absolute atomic E-state index is 0.0889. The number of amides is 1. The van der Waals surface area contributed by atoms with E-state index in [1.165, 1.54) is 0 Å². The van der Waals surface area contributed by atoms with Gasteiger partial charge < -0.3 is 15.0 Å². The first-order chi connectivity index (χ1) is 9.16. The summed E-state index contributed by atoms with van der Waals surface area (Å²) in [5, 5.41) is 9.86. The van der Waals surface area contributed by atoms with Crippen molar-refractivity contribution in [3.8, 4) is 0 Å². The van der Waals surface area contributed by atoms with Crippen molar-refractivity contribution in [3.05, 3.63) is 36.0 Å². The number of rotatable bonds is 2. The van der Waals surface area contributed by atoms with Crippen LogP contribution in [0, 0.1) is 5.92 Å². The lowest BCUT2D eigenvalue weighted by Crippen LogP contribution is -2.30. The molecule has 1 saturated heterocycles. The number of nitrogens with one attached hydrogen (secondary N) is 1. The van der Waals surface area contributed by atoms with Gasteiger partial charge in [-0.05, 0) is 24.6 Å². The molecule has 5 nitrogen and oxygen atoms in total. The van der Waals surface area contributed by atoms with Crippen molar-refractivity contribution in [2.45, 2.75) is 6.42 Å². The molecule has 98 valence electrons. The van der Waals surface area contributed by atoms with Gasteiger partial charge in [0.2, 0.25) is 0 Å². The maximum Gasteiger partial charge on any atom is 0.308 e. The van der Waals surface area contributed by atoms with Crippen molar-refractivity contribution in [1.82, 2.24) is 9.88 Å². The molecule has 0 bridgehead atoms. The van der Waals surface area contributed by atoms with Gasteiger partial charge in [-0.25, -0.2) is 0 Å². The van der Waals surface area contributed by atoms with Gasteiger partial charge in [0.15, 0.2) is 0 Å². The number of benzene rings is 1. The zero-order chi connectivity index (χ0) is 13.4. The first-order valence-electron chi connectivity index (χ1n) is 6.25. The number of fused-ring (bicyclic) bond motifs is 1. The molecule has 1 unspecified atom stereocenters. The van der Waals surface area contributed by atoms with E-state index >= 15 is 0 Å². The van der Waals surface area contributed by atoms with Crippen LogP contribution in [-0.4, -0.2) is 40.0 Å². The highest BCUT2D eigenvalue weighted by Gasteiger charge is 2.31. The molecule has 5 heteroatoms. The molecule has 0 saturated carbocycles. The zero-order valence-corrected chi connectivity index (χ0v) is 10.3. The molecular formula is C14H14N2O3. The van der Waals surface area contributed by atoms with Gasteiger partial charge in [0.05, 0.1) is 5.92 Å². The summed E-state index contributed by atoms with van der Waals surface area (Å²) in [6.07, 6.45) is 2.33. The SMILES string of the molecule is O=C(O)C1CCN(C(=O)c2cccc3[nH]ccc23)C1. The summed E-state index contributed by atoms with van der Waals surface area (Å²) in [7, 11) is 0. The predicted octanol–water partition coefficient (Wildman–Crippen LogP) is 1.71. The monoisotopic (exact) mass is 258 g/mol. The third-order valence-corrected chi connectivity index (χ3v) is 3.65. The molecule has 0 spiro atoms. The van der Waals surface area contributed by atoms with Crippen LogP contribution < -0.4 is 0 Å². The zero-order valence-electron chi connectivity index (χ0n) is 10.3. The van der Waals surface area contributed by atoms with Crippen LogP contribution in [-0.2, 0) is 4.79 Å². The first kappa shape index (κ1) is 11.8. The van der Waals surface area contributed by atoms with E-state index < -0.39 is 11.9 Å². The topological polar surface area (TPSA) is 73.4 Å². The van der Waals surface area contributed by atoms with Gasteiger partial charge in [0.25, 0.3) is 5.91 Å². The fourth-order valence-electron chi connectivity index (χ4n) is 2.59. The van der Waals surface area contributed by atoms with E-state index in [4.69, 9.17) is 5.11 Å². The molecule has 1 fully saturated rings. The Labute approximate surface area is 109 Å². The second-order valence-electron chi connectivity index (χ2n) is 4.82. The normalized spacial score (nSPS) is 18.9. The van der Waals surface area contributed by atoms with Gasteiger partial charge in [-0.15, -0.1) is 0 Å². The average molecular weight is 258 g/mol. The number of aromatic amines is 1. The van der Waals surface area contributed by atoms with Crippen molar-refractivity contribution in [1.29, 1.82) is 0 Å². The summed E-state index contributed by atoms with van der Waals surface area (Å²) in [6.45, 7) is 0.811. The summed E-state index contributed by atoms with van der Waals surface area (Å²) in [6, 6.07) is 7.40. The van der Waals surface area contributed by atoms with Crippen LogP contribution in [0.5, 0.6) is 0 Å². The van der Waals surface area contributed by atoms with E-state index in [2.05, 4.69) is 4.98 Å². The lowest BCUT2D eigenvalue weighted by molar-refractivity contribution is -0.141. The van der Waals surface area contributed by atoms with Gasteiger partial charge in [-0.2, -0.15) is 0 Å². The number of aromatic nitrogens is 1. The third kappa shape index (κ3) is 1.97. The van der Waals surface area contributed by atoms with Crippen LogP contribution in [0.2, 0.25) is 0 Å². The first-order valence-corrected chi connectivity index (χ1v) is 6.25. The molecule has 0 aliphatic carbocycles.